The van der Waals surface area contributed by atoms with Crippen molar-refractivity contribution in [2.45, 2.75) is 44.9 Å². The number of aromatic amines is 1. The standard InChI is InChI=1S/C33H40N2O9.CH4/c1-38-19-7-8-20-21-9-10-35-16-18-13-27(44-32(36)17-11-25(39-2)30(41-4)26(12-17)40-3)31(42-5)28(33(37)43-6)22(18)15-24(35)29(21)34-23(20)14-19;/h7-8,11-12,14,18,22,24,27-28,31,34H,9-10,13,15-16H2,1-6H3;1H4/t18-,22+,24-,27-,28+,31+;/m1./s1. The summed E-state index contributed by atoms with van der Waals surface area (Å²) in [5, 5.41) is 1.21. The van der Waals surface area contributed by atoms with Crippen LogP contribution in [0.3, 0.4) is 0 Å². The van der Waals surface area contributed by atoms with Crippen LogP contribution in [0.5, 0.6) is 23.0 Å². The third kappa shape index (κ3) is 5.56. The number of nitrogens with zero attached hydrogens (tertiary/aromatic N) is 1. The highest BCUT2D eigenvalue weighted by molar-refractivity contribution is 5.91. The van der Waals surface area contributed by atoms with Crippen LogP contribution in [-0.4, -0.2) is 89.8 Å². The Labute approximate surface area is 264 Å². The first kappa shape index (κ1) is 32.4. The summed E-state index contributed by atoms with van der Waals surface area (Å²) in [5.41, 5.74) is 3.83. The zero-order valence-electron chi connectivity index (χ0n) is 26.0. The van der Waals surface area contributed by atoms with Gasteiger partial charge in [-0.3, -0.25) is 9.69 Å². The quantitative estimate of drug-likeness (QED) is 0.350. The maximum atomic E-state index is 13.5. The van der Waals surface area contributed by atoms with Crippen molar-refractivity contribution in [3.05, 3.63) is 47.2 Å². The molecule has 244 valence electrons. The normalized spacial score (nSPS) is 25.6. The second-order valence-corrected chi connectivity index (χ2v) is 11.7. The molecule has 2 aliphatic heterocycles. The Morgan fingerprint density at radius 2 is 1.64 bits per heavy atom. The molecule has 3 heterocycles. The maximum Gasteiger partial charge on any atom is 0.338 e. The number of aromatic nitrogens is 1. The average Bonchev–Trinajstić information content (AvgIpc) is 3.43. The Kier molecular flexibility index (Phi) is 9.50. The molecule has 0 amide bonds. The van der Waals surface area contributed by atoms with Gasteiger partial charge in [-0.2, -0.15) is 0 Å². The van der Waals surface area contributed by atoms with E-state index in [1.54, 1.807) is 26.4 Å². The fourth-order valence-corrected chi connectivity index (χ4v) is 7.76. The number of carbonyl (C=O) groups excluding carboxylic acids is 2. The first-order chi connectivity index (χ1) is 21.3. The van der Waals surface area contributed by atoms with E-state index in [1.165, 1.54) is 45.1 Å². The zero-order valence-corrected chi connectivity index (χ0v) is 26.0. The van der Waals surface area contributed by atoms with Crippen molar-refractivity contribution in [1.82, 2.24) is 9.88 Å². The Hall–Kier alpha value is -3.96. The van der Waals surface area contributed by atoms with Crippen LogP contribution in [0, 0.1) is 17.8 Å². The van der Waals surface area contributed by atoms with Crippen molar-refractivity contribution >= 4 is 22.8 Å². The third-order valence-corrected chi connectivity index (χ3v) is 9.76. The van der Waals surface area contributed by atoms with Crippen molar-refractivity contribution in [3.8, 4) is 23.0 Å². The van der Waals surface area contributed by atoms with Crippen molar-refractivity contribution in [2.24, 2.45) is 17.8 Å². The van der Waals surface area contributed by atoms with E-state index in [1.807, 2.05) is 12.1 Å². The van der Waals surface area contributed by atoms with Crippen LogP contribution in [-0.2, 0) is 25.4 Å². The topological polar surface area (TPSA) is 118 Å². The van der Waals surface area contributed by atoms with Gasteiger partial charge in [-0.15, -0.1) is 0 Å². The molecule has 11 heteroatoms. The van der Waals surface area contributed by atoms with Crippen LogP contribution < -0.4 is 18.9 Å². The molecule has 3 aromatic rings. The van der Waals surface area contributed by atoms with Crippen LogP contribution in [0.15, 0.2) is 30.3 Å². The minimum absolute atomic E-state index is 0. The van der Waals surface area contributed by atoms with Crippen molar-refractivity contribution < 1.29 is 42.7 Å². The van der Waals surface area contributed by atoms with Crippen LogP contribution in [0.2, 0.25) is 0 Å². The van der Waals surface area contributed by atoms with Gasteiger partial charge in [-0.1, -0.05) is 7.43 Å². The Morgan fingerprint density at radius 1 is 0.911 bits per heavy atom. The lowest BCUT2D eigenvalue weighted by atomic mass is 9.63. The molecule has 6 atom stereocenters. The molecule has 1 aromatic heterocycles. The molecule has 0 spiro atoms. The fourth-order valence-electron chi connectivity index (χ4n) is 7.76. The zero-order chi connectivity index (χ0) is 31.1. The SMILES string of the molecule is C.COC(=O)[C@H]1[C@H]2C[C@@H]3c4[nH]c5cc(OC)ccc5c4CCN3C[C@H]2C[C@@H](OC(=O)c2cc(OC)c(OC)c(OC)c2)[C@@H]1OC. The molecule has 3 aliphatic rings. The van der Waals surface area contributed by atoms with E-state index >= 15 is 0 Å². The summed E-state index contributed by atoms with van der Waals surface area (Å²) < 4.78 is 39.1. The van der Waals surface area contributed by atoms with E-state index in [9.17, 15) is 9.59 Å². The van der Waals surface area contributed by atoms with Gasteiger partial charge < -0.3 is 38.1 Å². The fraction of sp³-hybridized carbons (Fsp3) is 0.529. The molecular weight excluding hydrogens is 580 g/mol. The van der Waals surface area contributed by atoms with E-state index in [2.05, 4.69) is 16.0 Å². The number of H-pyrrole nitrogens is 1. The van der Waals surface area contributed by atoms with Gasteiger partial charge in [0.1, 0.15) is 18.0 Å². The van der Waals surface area contributed by atoms with Gasteiger partial charge in [0, 0.05) is 42.9 Å². The van der Waals surface area contributed by atoms with Gasteiger partial charge in [-0.05, 0) is 60.9 Å². The van der Waals surface area contributed by atoms with Gasteiger partial charge in [0.15, 0.2) is 11.5 Å². The van der Waals surface area contributed by atoms with Crippen molar-refractivity contribution in [3.63, 3.8) is 0 Å². The molecule has 0 radical (unpaired) electrons. The molecule has 1 saturated carbocycles. The summed E-state index contributed by atoms with van der Waals surface area (Å²) >= 11 is 0. The van der Waals surface area contributed by atoms with Crippen LogP contribution in [0.25, 0.3) is 10.9 Å². The number of carbonyl (C=O) groups is 2. The van der Waals surface area contributed by atoms with E-state index < -0.39 is 24.1 Å². The monoisotopic (exact) mass is 624 g/mol. The van der Waals surface area contributed by atoms with Crippen LogP contribution >= 0.6 is 0 Å². The van der Waals surface area contributed by atoms with E-state index in [-0.39, 0.29) is 36.8 Å². The summed E-state index contributed by atoms with van der Waals surface area (Å²) in [6.07, 6.45) is 0.920. The molecule has 6 rings (SSSR count). The van der Waals surface area contributed by atoms with E-state index in [0.717, 1.165) is 37.2 Å². The molecule has 0 bridgehead atoms. The number of nitrogens with one attached hydrogen (secondary N) is 1. The van der Waals surface area contributed by atoms with Gasteiger partial charge in [0.25, 0.3) is 0 Å². The molecule has 2 aromatic carbocycles. The lowest BCUT2D eigenvalue weighted by molar-refractivity contribution is -0.176. The molecule has 11 nitrogen and oxygen atoms in total. The summed E-state index contributed by atoms with van der Waals surface area (Å²) in [6.45, 7) is 1.68. The predicted molar refractivity (Wildman–Crippen MR) is 167 cm³/mol. The van der Waals surface area contributed by atoms with Gasteiger partial charge in [-0.25, -0.2) is 4.79 Å². The Balaban J connectivity index is 0.00000400. The molecule has 1 saturated heterocycles. The lowest BCUT2D eigenvalue weighted by Crippen LogP contribution is -2.58. The van der Waals surface area contributed by atoms with E-state index in [4.69, 9.17) is 33.2 Å². The summed E-state index contributed by atoms with van der Waals surface area (Å²) in [7, 11) is 9.10. The minimum Gasteiger partial charge on any atom is -0.497 e. The first-order valence-corrected chi connectivity index (χ1v) is 14.9. The molecule has 1 aliphatic carbocycles. The largest absolute Gasteiger partial charge is 0.497 e. The second-order valence-electron chi connectivity index (χ2n) is 11.7. The van der Waals surface area contributed by atoms with Gasteiger partial charge >= 0.3 is 11.9 Å². The number of benzene rings is 2. The smallest absolute Gasteiger partial charge is 0.338 e. The van der Waals surface area contributed by atoms with Crippen LogP contribution in [0.4, 0.5) is 0 Å². The highest BCUT2D eigenvalue weighted by Gasteiger charge is 2.54. The summed E-state index contributed by atoms with van der Waals surface area (Å²) in [5.74, 6) is 0.441. The molecule has 1 N–H and O–H groups in total. The molecular formula is C34H44N2O9. The van der Waals surface area contributed by atoms with Crippen molar-refractivity contribution in [2.75, 3.05) is 55.7 Å². The average molecular weight is 625 g/mol. The number of methoxy groups -OCH3 is 6. The predicted octanol–water partition coefficient (Wildman–Crippen LogP) is 4.81. The summed E-state index contributed by atoms with van der Waals surface area (Å²) in [4.78, 5) is 33.1. The van der Waals surface area contributed by atoms with E-state index in [0.29, 0.717) is 23.7 Å². The number of ether oxygens (including phenoxy) is 7. The lowest BCUT2D eigenvalue weighted by Gasteiger charge is -2.52. The van der Waals surface area contributed by atoms with Crippen LogP contribution in [0.1, 0.15) is 47.9 Å². The number of hydrogen-bond donors (Lipinski definition) is 1. The highest BCUT2D eigenvalue weighted by atomic mass is 16.6. The van der Waals surface area contributed by atoms with Gasteiger partial charge in [0.2, 0.25) is 5.75 Å². The first-order valence-electron chi connectivity index (χ1n) is 14.9. The third-order valence-electron chi connectivity index (χ3n) is 9.76. The maximum absolute atomic E-state index is 13.5. The highest BCUT2D eigenvalue weighted by Crippen LogP contribution is 2.51. The van der Waals surface area contributed by atoms with Crippen molar-refractivity contribution in [1.29, 1.82) is 0 Å². The Morgan fingerprint density at radius 3 is 2.27 bits per heavy atom. The van der Waals surface area contributed by atoms with Gasteiger partial charge in [0.05, 0.1) is 53.1 Å². The number of fused-ring (bicyclic) bond motifs is 6. The number of esters is 2. The molecule has 0 unspecified atom stereocenters. The summed E-state index contributed by atoms with van der Waals surface area (Å²) in [6, 6.07) is 9.40. The Bertz CT molecular complexity index is 1530. The number of piperidine rings is 1. The molecule has 2 fully saturated rings. The number of hydrogen-bond acceptors (Lipinski definition) is 10. The number of rotatable bonds is 8. The second kappa shape index (κ2) is 13.2. The molecule has 45 heavy (non-hydrogen) atoms. The minimum atomic E-state index is -0.670.